The summed E-state index contributed by atoms with van der Waals surface area (Å²) in [5.74, 6) is 0.0897. The summed E-state index contributed by atoms with van der Waals surface area (Å²) in [5.41, 5.74) is 7.40. The van der Waals surface area contributed by atoms with Gasteiger partial charge in [-0.2, -0.15) is 0 Å². The molecule has 0 aliphatic carbocycles. The Morgan fingerprint density at radius 3 is 2.31 bits per heavy atom. The van der Waals surface area contributed by atoms with Gasteiger partial charge in [-0.3, -0.25) is 9.59 Å². The largest absolute Gasteiger partial charge is 0.481 e. The van der Waals surface area contributed by atoms with E-state index < -0.39 is 12.0 Å². The van der Waals surface area contributed by atoms with Crippen LogP contribution >= 0.6 is 0 Å². The van der Waals surface area contributed by atoms with E-state index >= 15 is 0 Å². The summed E-state index contributed by atoms with van der Waals surface area (Å²) in [6.07, 6.45) is 0.0583. The highest BCUT2D eigenvalue weighted by Gasteiger charge is 2.25. The highest BCUT2D eigenvalue weighted by atomic mass is 16.5. The van der Waals surface area contributed by atoms with Crippen molar-refractivity contribution in [3.8, 4) is 5.75 Å². The number of hydrogen-bond donors (Lipinski definition) is 1. The van der Waals surface area contributed by atoms with E-state index in [4.69, 9.17) is 10.5 Å². The first-order valence-electron chi connectivity index (χ1n) is 8.84. The van der Waals surface area contributed by atoms with Gasteiger partial charge in [0.1, 0.15) is 5.75 Å². The number of benzene rings is 2. The molecular formula is C21H26N2O3. The summed E-state index contributed by atoms with van der Waals surface area (Å²) in [5, 5.41) is 0. The van der Waals surface area contributed by atoms with Crippen LogP contribution in [0, 0.1) is 6.92 Å². The van der Waals surface area contributed by atoms with Crippen LogP contribution in [0.25, 0.3) is 0 Å². The Morgan fingerprint density at radius 1 is 1.08 bits per heavy atom. The minimum absolute atomic E-state index is 0.125. The van der Waals surface area contributed by atoms with Crippen LogP contribution < -0.4 is 10.5 Å². The molecule has 0 bridgehead atoms. The number of primary amides is 1. The second kappa shape index (κ2) is 9.61. The SMILES string of the molecule is CCC(Oc1ccc(C)cc1)C(=O)N(CCC(N)=O)Cc1ccccc1. The predicted octanol–water partition coefficient (Wildman–Crippen LogP) is 3.06. The van der Waals surface area contributed by atoms with Crippen LogP contribution in [-0.4, -0.2) is 29.4 Å². The summed E-state index contributed by atoms with van der Waals surface area (Å²) in [7, 11) is 0. The number of rotatable bonds is 9. The average molecular weight is 354 g/mol. The van der Waals surface area contributed by atoms with E-state index in [9.17, 15) is 9.59 Å². The molecule has 2 amide bonds. The first kappa shape index (κ1) is 19.5. The zero-order valence-corrected chi connectivity index (χ0v) is 15.4. The first-order chi connectivity index (χ1) is 12.5. The fourth-order valence-corrected chi connectivity index (χ4v) is 2.61. The Bertz CT molecular complexity index is 714. The molecule has 0 aliphatic heterocycles. The molecule has 26 heavy (non-hydrogen) atoms. The molecule has 138 valence electrons. The predicted molar refractivity (Wildman–Crippen MR) is 102 cm³/mol. The van der Waals surface area contributed by atoms with Crippen molar-refractivity contribution in [2.75, 3.05) is 6.54 Å². The monoisotopic (exact) mass is 354 g/mol. The molecule has 1 atom stereocenters. The smallest absolute Gasteiger partial charge is 0.263 e. The number of aryl methyl sites for hydroxylation is 1. The van der Waals surface area contributed by atoms with Crippen molar-refractivity contribution in [2.45, 2.75) is 39.3 Å². The summed E-state index contributed by atoms with van der Waals surface area (Å²) >= 11 is 0. The van der Waals surface area contributed by atoms with Gasteiger partial charge < -0.3 is 15.4 Å². The molecule has 0 fully saturated rings. The number of hydrogen-bond acceptors (Lipinski definition) is 3. The third-order valence-electron chi connectivity index (χ3n) is 4.10. The van der Waals surface area contributed by atoms with Gasteiger partial charge in [-0.1, -0.05) is 55.0 Å². The Kier molecular flexibility index (Phi) is 7.21. The van der Waals surface area contributed by atoms with Gasteiger partial charge in [0.25, 0.3) is 5.91 Å². The molecule has 2 rings (SSSR count). The fraction of sp³-hybridized carbons (Fsp3) is 0.333. The van der Waals surface area contributed by atoms with Crippen LogP contribution in [-0.2, 0) is 16.1 Å². The van der Waals surface area contributed by atoms with Gasteiger partial charge in [-0.05, 0) is 31.0 Å². The van der Waals surface area contributed by atoms with Crippen molar-refractivity contribution in [3.63, 3.8) is 0 Å². The number of ether oxygens (including phenoxy) is 1. The molecule has 0 radical (unpaired) electrons. The van der Waals surface area contributed by atoms with Gasteiger partial charge in [0.15, 0.2) is 6.10 Å². The molecule has 1 unspecified atom stereocenters. The Morgan fingerprint density at radius 2 is 1.73 bits per heavy atom. The number of carbonyl (C=O) groups excluding carboxylic acids is 2. The third kappa shape index (κ3) is 5.92. The first-order valence-corrected chi connectivity index (χ1v) is 8.84. The standard InChI is InChI=1S/C21H26N2O3/c1-3-19(26-18-11-9-16(2)10-12-18)21(25)23(14-13-20(22)24)15-17-7-5-4-6-8-17/h4-12,19H,3,13-15H2,1-2H3,(H2,22,24). The quantitative estimate of drug-likeness (QED) is 0.752. The van der Waals surface area contributed by atoms with E-state index in [1.54, 1.807) is 4.90 Å². The normalized spacial score (nSPS) is 11.6. The van der Waals surface area contributed by atoms with Gasteiger partial charge >= 0.3 is 0 Å². The molecule has 2 aromatic rings. The van der Waals surface area contributed by atoms with E-state index in [0.29, 0.717) is 18.7 Å². The van der Waals surface area contributed by atoms with Gasteiger partial charge in [-0.25, -0.2) is 0 Å². The van der Waals surface area contributed by atoms with E-state index in [2.05, 4.69) is 0 Å². The second-order valence-electron chi connectivity index (χ2n) is 6.29. The van der Waals surface area contributed by atoms with Gasteiger partial charge in [0.2, 0.25) is 5.91 Å². The van der Waals surface area contributed by atoms with Gasteiger partial charge in [-0.15, -0.1) is 0 Å². The molecule has 0 saturated heterocycles. The molecule has 5 nitrogen and oxygen atoms in total. The molecule has 2 aromatic carbocycles. The number of nitrogens with zero attached hydrogens (tertiary/aromatic N) is 1. The van der Waals surface area contributed by atoms with Crippen molar-refractivity contribution in [3.05, 3.63) is 65.7 Å². The Hall–Kier alpha value is -2.82. The van der Waals surface area contributed by atoms with E-state index in [-0.39, 0.29) is 18.9 Å². The van der Waals surface area contributed by atoms with Crippen LogP contribution in [0.15, 0.2) is 54.6 Å². The lowest BCUT2D eigenvalue weighted by atomic mass is 10.1. The summed E-state index contributed by atoms with van der Waals surface area (Å²) < 4.78 is 5.90. The highest BCUT2D eigenvalue weighted by Crippen LogP contribution is 2.17. The molecule has 5 heteroatoms. The van der Waals surface area contributed by atoms with Crippen LogP contribution in [0.5, 0.6) is 5.75 Å². The Balaban J connectivity index is 2.12. The average Bonchev–Trinajstić information content (AvgIpc) is 2.65. The maximum Gasteiger partial charge on any atom is 0.263 e. The lowest BCUT2D eigenvalue weighted by Gasteiger charge is -2.27. The molecular weight excluding hydrogens is 328 g/mol. The molecule has 0 heterocycles. The molecule has 0 spiro atoms. The van der Waals surface area contributed by atoms with Crippen molar-refractivity contribution >= 4 is 11.8 Å². The third-order valence-corrected chi connectivity index (χ3v) is 4.10. The van der Waals surface area contributed by atoms with Crippen molar-refractivity contribution < 1.29 is 14.3 Å². The van der Waals surface area contributed by atoms with E-state index in [1.165, 1.54) is 0 Å². The van der Waals surface area contributed by atoms with Crippen LogP contribution in [0.3, 0.4) is 0 Å². The summed E-state index contributed by atoms with van der Waals surface area (Å²) in [6, 6.07) is 17.3. The zero-order chi connectivity index (χ0) is 18.9. The maximum absolute atomic E-state index is 13.0. The topological polar surface area (TPSA) is 72.6 Å². The minimum atomic E-state index is -0.603. The highest BCUT2D eigenvalue weighted by molar-refractivity contribution is 5.82. The molecule has 2 N–H and O–H groups in total. The summed E-state index contributed by atoms with van der Waals surface area (Å²) in [4.78, 5) is 25.8. The number of carbonyl (C=O) groups is 2. The van der Waals surface area contributed by atoms with Crippen LogP contribution in [0.1, 0.15) is 30.9 Å². The summed E-state index contributed by atoms with van der Waals surface area (Å²) in [6.45, 7) is 4.60. The minimum Gasteiger partial charge on any atom is -0.481 e. The second-order valence-corrected chi connectivity index (χ2v) is 6.29. The molecule has 0 aliphatic rings. The van der Waals surface area contributed by atoms with Gasteiger partial charge in [0, 0.05) is 19.5 Å². The number of nitrogens with two attached hydrogens (primary N) is 1. The van der Waals surface area contributed by atoms with Gasteiger partial charge in [0.05, 0.1) is 0 Å². The zero-order valence-electron chi connectivity index (χ0n) is 15.4. The van der Waals surface area contributed by atoms with Crippen molar-refractivity contribution in [1.29, 1.82) is 0 Å². The van der Waals surface area contributed by atoms with Crippen molar-refractivity contribution in [1.82, 2.24) is 4.90 Å². The van der Waals surface area contributed by atoms with Crippen molar-refractivity contribution in [2.24, 2.45) is 5.73 Å². The fourth-order valence-electron chi connectivity index (χ4n) is 2.61. The lowest BCUT2D eigenvalue weighted by molar-refractivity contribution is -0.139. The lowest BCUT2D eigenvalue weighted by Crippen LogP contribution is -2.42. The molecule has 0 aromatic heterocycles. The van der Waals surface area contributed by atoms with E-state index in [1.807, 2.05) is 68.4 Å². The van der Waals surface area contributed by atoms with E-state index in [0.717, 1.165) is 11.1 Å². The molecule has 0 saturated carbocycles. The van der Waals surface area contributed by atoms with Crippen LogP contribution in [0.2, 0.25) is 0 Å². The Labute approximate surface area is 154 Å². The van der Waals surface area contributed by atoms with Crippen LogP contribution in [0.4, 0.5) is 0 Å². The number of amides is 2. The maximum atomic E-state index is 13.0.